The molecule has 0 radical (unpaired) electrons. The van der Waals surface area contributed by atoms with E-state index in [2.05, 4.69) is 55.3 Å². The van der Waals surface area contributed by atoms with Gasteiger partial charge in [0.15, 0.2) is 5.84 Å². The van der Waals surface area contributed by atoms with Crippen LogP contribution in [-0.4, -0.2) is 73.6 Å². The predicted molar refractivity (Wildman–Crippen MR) is 225 cm³/mol. The van der Waals surface area contributed by atoms with Gasteiger partial charge in [-0.25, -0.2) is 18.4 Å². The lowest BCUT2D eigenvalue weighted by Gasteiger charge is -1.97. The second-order valence-electron chi connectivity index (χ2n) is 11.6. The van der Waals surface area contributed by atoms with Crippen molar-refractivity contribution in [3.63, 3.8) is 0 Å². The van der Waals surface area contributed by atoms with E-state index < -0.39 is 34.5 Å². The van der Waals surface area contributed by atoms with Crippen LogP contribution in [0.25, 0.3) is 11.4 Å². The smallest absolute Gasteiger partial charge is 0.374 e. The minimum absolute atomic E-state index is 0.0460. The van der Waals surface area contributed by atoms with Crippen molar-refractivity contribution in [2.24, 2.45) is 10.9 Å². The molecule has 4 aromatic carbocycles. The number of hydrogen-bond acceptors (Lipinski definition) is 14. The fraction of sp³-hybridized carbons (Fsp3) is 0.156. The van der Waals surface area contributed by atoms with E-state index in [9.17, 15) is 37.5 Å². The second kappa shape index (κ2) is 31.4. The van der Waals surface area contributed by atoms with E-state index >= 15 is 0 Å². The number of amidine groups is 1. The molecule has 0 saturated heterocycles. The van der Waals surface area contributed by atoms with Crippen LogP contribution in [0, 0.1) is 35.3 Å². The number of hydrogen-bond donors (Lipinski definition) is 3. The Labute approximate surface area is 370 Å². The molecule has 1 heterocycles. The van der Waals surface area contributed by atoms with E-state index in [1.165, 1.54) is 31.2 Å². The standard InChI is InChI=1S/C18H13FN2O.C15H11FN2O.C5H8O3.C3H3ClO2.C3H4O3.CO2/c1-2-17-20-18(21-22-17)15-10-8-13(9-11-15)6-7-14-4-3-5-16(19)12-14;16-14-3-1-2-12(10-14)5-4-11-6-8-13(9-7-11)15(17)18-19;1-3-8-5(7)4(2)6;1-2(5)3(4)6;1-2(4)3(5)6;2-1-3/h3-5,8-12H,2H2,1H3;1-3,6-10,19H,(H2,17,18);3H2,1-2H3;1H3;1H3,(H,5,6);. The largest absolute Gasteiger partial charge is 0.476 e. The summed E-state index contributed by atoms with van der Waals surface area (Å²) < 4.78 is 35.4. The van der Waals surface area contributed by atoms with E-state index in [-0.39, 0.29) is 30.2 Å². The molecular weight excluding hydrogens is 862 g/mol. The molecule has 0 fully saturated rings. The van der Waals surface area contributed by atoms with Crippen LogP contribution in [0.4, 0.5) is 8.78 Å². The number of ether oxygens (including phenoxy) is 1. The van der Waals surface area contributed by atoms with Crippen LogP contribution in [0.2, 0.25) is 0 Å². The highest BCUT2D eigenvalue weighted by molar-refractivity contribution is 6.80. The number of esters is 1. The fourth-order valence-electron chi connectivity index (χ4n) is 3.65. The van der Waals surface area contributed by atoms with Crippen molar-refractivity contribution < 1.29 is 66.7 Å². The average molecular weight is 901 g/mol. The van der Waals surface area contributed by atoms with Gasteiger partial charge in [0.25, 0.3) is 5.24 Å². The number of halogens is 3. The van der Waals surface area contributed by atoms with Crippen molar-refractivity contribution in [1.82, 2.24) is 10.1 Å². The van der Waals surface area contributed by atoms with E-state index in [0.29, 0.717) is 34.8 Å². The third kappa shape index (κ3) is 24.6. The predicted octanol–water partition coefficient (Wildman–Crippen LogP) is 5.71. The third-order valence-electron chi connectivity index (χ3n) is 6.69. The first-order valence-corrected chi connectivity index (χ1v) is 18.4. The zero-order valence-corrected chi connectivity index (χ0v) is 35.4. The van der Waals surface area contributed by atoms with Crippen LogP contribution in [0.1, 0.15) is 68.3 Å². The minimum Gasteiger partial charge on any atom is -0.476 e. The van der Waals surface area contributed by atoms with Crippen molar-refractivity contribution >= 4 is 58.1 Å². The molecule has 0 aliphatic rings. The molecule has 0 aliphatic carbocycles. The summed E-state index contributed by atoms with van der Waals surface area (Å²) in [4.78, 5) is 78.9. The summed E-state index contributed by atoms with van der Waals surface area (Å²) in [5, 5.41) is 22.1. The molecule has 0 aliphatic heterocycles. The molecule has 16 nitrogen and oxygen atoms in total. The second-order valence-corrected chi connectivity index (χ2v) is 11.9. The fourth-order valence-corrected chi connectivity index (χ4v) is 3.65. The first kappa shape index (κ1) is 55.6. The quantitative estimate of drug-likeness (QED) is 0.0258. The van der Waals surface area contributed by atoms with E-state index in [1.54, 1.807) is 55.5 Å². The molecule has 19 heteroatoms. The summed E-state index contributed by atoms with van der Waals surface area (Å²) in [5.74, 6) is 8.22. The van der Waals surface area contributed by atoms with Gasteiger partial charge < -0.3 is 25.3 Å². The van der Waals surface area contributed by atoms with Crippen molar-refractivity contribution in [3.8, 4) is 35.1 Å². The number of aryl methyl sites for hydroxylation is 1. The number of carbonyl (C=O) groups excluding carboxylic acids is 7. The number of nitrogens with zero attached hydrogens (tertiary/aromatic N) is 3. The number of Topliss-reactive ketones (excluding diaryl/α,β-unsaturated/α-hetero) is 3. The number of carboxylic acids is 1. The lowest BCUT2D eigenvalue weighted by Crippen LogP contribution is -2.12. The highest BCUT2D eigenvalue weighted by atomic mass is 35.5. The zero-order valence-electron chi connectivity index (χ0n) is 34.7. The highest BCUT2D eigenvalue weighted by Gasteiger charge is 2.07. The maximum absolute atomic E-state index is 13.1. The van der Waals surface area contributed by atoms with Gasteiger partial charge >= 0.3 is 18.1 Å². The number of carbonyl (C=O) groups is 6. The van der Waals surface area contributed by atoms with Gasteiger partial charge in [0, 0.05) is 60.6 Å². The summed E-state index contributed by atoms with van der Waals surface area (Å²) in [6.07, 6.45) is 0.962. The maximum Gasteiger partial charge on any atom is 0.374 e. The molecule has 4 N–H and O–H groups in total. The van der Waals surface area contributed by atoms with Gasteiger partial charge in [0.1, 0.15) is 11.6 Å². The van der Waals surface area contributed by atoms with Crippen molar-refractivity contribution in [2.75, 3.05) is 6.61 Å². The Morgan fingerprint density at radius 3 is 1.47 bits per heavy atom. The van der Waals surface area contributed by atoms with Crippen LogP contribution in [0.3, 0.4) is 0 Å². The Bertz CT molecular complexity index is 2500. The van der Waals surface area contributed by atoms with Gasteiger partial charge in [0.05, 0.1) is 6.61 Å². The molecule has 5 rings (SSSR count). The lowest BCUT2D eigenvalue weighted by atomic mass is 10.1. The highest BCUT2D eigenvalue weighted by Crippen LogP contribution is 2.16. The van der Waals surface area contributed by atoms with Gasteiger partial charge in [-0.1, -0.05) is 53.1 Å². The topological polar surface area (TPSA) is 264 Å². The lowest BCUT2D eigenvalue weighted by molar-refractivity contribution is -0.191. The van der Waals surface area contributed by atoms with Gasteiger partial charge in [-0.3, -0.25) is 19.2 Å². The number of carboxylic acid groups (broad SMARTS) is 1. The van der Waals surface area contributed by atoms with Crippen LogP contribution in [-0.2, 0) is 49.5 Å². The molecule has 1 aromatic heterocycles. The SMILES string of the molecule is CC(=O)C(=O)Cl.CC(=O)C(=O)O.CCOC(=O)C(C)=O.CCc1nc(-c2ccc(C#Cc3cccc(F)c3)cc2)no1.N/C(=N\O)c1ccc(C#Cc2cccc(F)c2)cc1.O=C=O. The van der Waals surface area contributed by atoms with Gasteiger partial charge in [-0.15, -0.1) is 0 Å². The number of aliphatic carboxylic acids is 1. The summed E-state index contributed by atoms with van der Waals surface area (Å²) in [7, 11) is 0. The normalized spacial score (nSPS) is 9.22. The maximum atomic E-state index is 13.1. The minimum atomic E-state index is -1.38. The Morgan fingerprint density at radius 1 is 0.734 bits per heavy atom. The Morgan fingerprint density at radius 2 is 1.16 bits per heavy atom. The third-order valence-corrected chi connectivity index (χ3v) is 6.96. The summed E-state index contributed by atoms with van der Waals surface area (Å²) >= 11 is 4.62. The number of oxime groups is 1. The van der Waals surface area contributed by atoms with E-state index in [0.717, 1.165) is 30.5 Å². The summed E-state index contributed by atoms with van der Waals surface area (Å²) in [5.41, 5.74) is 9.80. The van der Waals surface area contributed by atoms with E-state index in [4.69, 9.17) is 30.2 Å². The molecule has 5 aromatic rings. The van der Waals surface area contributed by atoms with Crippen LogP contribution >= 0.6 is 11.6 Å². The number of benzene rings is 4. The van der Waals surface area contributed by atoms with Crippen LogP contribution in [0.5, 0.6) is 0 Å². The molecule has 0 amide bonds. The molecule has 0 saturated carbocycles. The molecule has 64 heavy (non-hydrogen) atoms. The van der Waals surface area contributed by atoms with Gasteiger partial charge in [-0.2, -0.15) is 14.6 Å². The van der Waals surface area contributed by atoms with Gasteiger partial charge in [-0.05, 0) is 103 Å². The first-order valence-electron chi connectivity index (χ1n) is 18.0. The summed E-state index contributed by atoms with van der Waals surface area (Å²) in [6, 6.07) is 26.8. The van der Waals surface area contributed by atoms with Crippen LogP contribution in [0.15, 0.2) is 107 Å². The van der Waals surface area contributed by atoms with Crippen molar-refractivity contribution in [2.45, 2.75) is 41.0 Å². The average Bonchev–Trinajstić information content (AvgIpc) is 3.76. The first-order chi connectivity index (χ1) is 30.3. The van der Waals surface area contributed by atoms with Crippen molar-refractivity contribution in [3.05, 3.63) is 142 Å². The molecule has 0 atom stereocenters. The molecule has 0 unspecified atom stereocenters. The Hall–Kier alpha value is -8.44. The summed E-state index contributed by atoms with van der Waals surface area (Å²) in [6.45, 7) is 7.18. The van der Waals surface area contributed by atoms with Gasteiger partial charge in [0.2, 0.25) is 29.1 Å². The number of nitrogens with two attached hydrogens (primary N) is 1. The number of rotatable bonds is 7. The molecule has 332 valence electrons. The Kier molecular flexibility index (Phi) is 27.3. The molecule has 0 spiro atoms. The molecule has 0 bridgehead atoms. The van der Waals surface area contributed by atoms with Crippen LogP contribution < -0.4 is 5.73 Å². The zero-order chi connectivity index (χ0) is 48.6. The molecular formula is C45H39ClF2N4O12. The number of aromatic nitrogens is 2. The van der Waals surface area contributed by atoms with Crippen molar-refractivity contribution in [1.29, 1.82) is 0 Å². The monoisotopic (exact) mass is 900 g/mol. The Balaban J connectivity index is 0.000000848. The number of ketones is 3. The van der Waals surface area contributed by atoms with E-state index in [1.807, 2.05) is 31.2 Å².